The summed E-state index contributed by atoms with van der Waals surface area (Å²) in [6, 6.07) is 7.37. The Kier molecular flexibility index (Phi) is 3.14. The Morgan fingerprint density at radius 2 is 2.00 bits per heavy atom. The number of aldehydes is 1. The van der Waals surface area contributed by atoms with Gasteiger partial charge in [-0.25, -0.2) is 0 Å². The molecular formula is C11H8ClNOS. The van der Waals surface area contributed by atoms with Crippen LogP contribution in [-0.2, 0) is 4.79 Å². The third kappa shape index (κ3) is 2.25. The van der Waals surface area contributed by atoms with E-state index < -0.39 is 0 Å². The van der Waals surface area contributed by atoms with Crippen LogP contribution in [-0.4, -0.2) is 11.3 Å². The molecule has 0 aliphatic rings. The van der Waals surface area contributed by atoms with E-state index in [2.05, 4.69) is 4.98 Å². The smallest absolute Gasteiger partial charge is 0.132 e. The molecule has 76 valence electrons. The highest BCUT2D eigenvalue weighted by Gasteiger charge is 2.14. The second-order valence-electron chi connectivity index (χ2n) is 3.04. The van der Waals surface area contributed by atoms with Crippen molar-refractivity contribution in [2.45, 2.75) is 5.92 Å². The molecule has 0 saturated carbocycles. The highest BCUT2D eigenvalue weighted by atomic mass is 35.5. The molecule has 1 atom stereocenters. The minimum Gasteiger partial charge on any atom is -0.302 e. The molecule has 4 heteroatoms. The maximum Gasteiger partial charge on any atom is 0.132 e. The number of aromatic nitrogens is 1. The first-order valence-electron chi connectivity index (χ1n) is 4.41. The highest BCUT2D eigenvalue weighted by molar-refractivity contribution is 7.16. The zero-order chi connectivity index (χ0) is 10.7. The van der Waals surface area contributed by atoms with Crippen LogP contribution in [0, 0.1) is 0 Å². The summed E-state index contributed by atoms with van der Waals surface area (Å²) < 4.78 is 0.700. The minimum absolute atomic E-state index is 0.231. The van der Waals surface area contributed by atoms with E-state index in [1.807, 2.05) is 18.2 Å². The van der Waals surface area contributed by atoms with Crippen LogP contribution in [0.3, 0.4) is 0 Å². The van der Waals surface area contributed by atoms with Crippen LogP contribution in [0.1, 0.15) is 16.4 Å². The summed E-state index contributed by atoms with van der Waals surface area (Å²) in [4.78, 5) is 15.9. The minimum atomic E-state index is -0.231. The molecule has 0 fully saturated rings. The van der Waals surface area contributed by atoms with Crippen LogP contribution in [0.15, 0.2) is 36.7 Å². The van der Waals surface area contributed by atoms with Crippen molar-refractivity contribution in [1.82, 2.24) is 4.98 Å². The molecule has 2 aromatic heterocycles. The van der Waals surface area contributed by atoms with Crippen LogP contribution in [0.25, 0.3) is 0 Å². The van der Waals surface area contributed by atoms with Crippen LogP contribution in [0.5, 0.6) is 0 Å². The lowest BCUT2D eigenvalue weighted by Crippen LogP contribution is -1.99. The Hall–Kier alpha value is -1.19. The normalized spacial score (nSPS) is 12.3. The lowest BCUT2D eigenvalue weighted by atomic mass is 10.0. The van der Waals surface area contributed by atoms with Crippen molar-refractivity contribution in [1.29, 1.82) is 0 Å². The largest absolute Gasteiger partial charge is 0.302 e. The van der Waals surface area contributed by atoms with Gasteiger partial charge in [0, 0.05) is 17.3 Å². The highest BCUT2D eigenvalue weighted by Crippen LogP contribution is 2.30. The number of carbonyl (C=O) groups is 1. The monoisotopic (exact) mass is 237 g/mol. The Labute approximate surface area is 96.5 Å². The number of hydrogen-bond donors (Lipinski definition) is 0. The van der Waals surface area contributed by atoms with Gasteiger partial charge in [-0.3, -0.25) is 4.98 Å². The van der Waals surface area contributed by atoms with Crippen molar-refractivity contribution < 1.29 is 4.79 Å². The van der Waals surface area contributed by atoms with E-state index in [9.17, 15) is 4.79 Å². The second kappa shape index (κ2) is 4.55. The number of nitrogens with zero attached hydrogens (tertiary/aromatic N) is 1. The van der Waals surface area contributed by atoms with Crippen LogP contribution in [0.2, 0.25) is 4.34 Å². The van der Waals surface area contributed by atoms with E-state index in [0.717, 1.165) is 16.7 Å². The Bertz CT molecular complexity index is 455. The van der Waals surface area contributed by atoms with E-state index in [0.29, 0.717) is 4.34 Å². The topological polar surface area (TPSA) is 30.0 Å². The molecule has 0 spiro atoms. The average Bonchev–Trinajstić information content (AvgIpc) is 2.68. The van der Waals surface area contributed by atoms with Crippen LogP contribution >= 0.6 is 22.9 Å². The third-order valence-corrected chi connectivity index (χ3v) is 3.42. The molecule has 2 heterocycles. The van der Waals surface area contributed by atoms with Crippen molar-refractivity contribution in [3.05, 3.63) is 51.4 Å². The van der Waals surface area contributed by atoms with Gasteiger partial charge < -0.3 is 4.79 Å². The van der Waals surface area contributed by atoms with Gasteiger partial charge in [0.2, 0.25) is 0 Å². The number of hydrogen-bond acceptors (Lipinski definition) is 3. The van der Waals surface area contributed by atoms with Gasteiger partial charge in [0.15, 0.2) is 0 Å². The summed E-state index contributed by atoms with van der Waals surface area (Å²) in [5.74, 6) is -0.231. The number of rotatable bonds is 3. The third-order valence-electron chi connectivity index (χ3n) is 2.10. The molecule has 0 N–H and O–H groups in total. The Morgan fingerprint density at radius 1 is 1.27 bits per heavy atom. The molecular weight excluding hydrogens is 230 g/mol. The lowest BCUT2D eigenvalue weighted by Gasteiger charge is -2.07. The summed E-state index contributed by atoms with van der Waals surface area (Å²) in [5.41, 5.74) is 0.943. The van der Waals surface area contributed by atoms with Crippen LogP contribution < -0.4 is 0 Å². The fourth-order valence-corrected chi connectivity index (χ4v) is 2.52. The van der Waals surface area contributed by atoms with E-state index in [1.165, 1.54) is 11.3 Å². The summed E-state index contributed by atoms with van der Waals surface area (Å²) in [5, 5.41) is 0. The molecule has 0 bridgehead atoms. The number of thiophene rings is 1. The van der Waals surface area contributed by atoms with Gasteiger partial charge in [-0.1, -0.05) is 11.6 Å². The summed E-state index contributed by atoms with van der Waals surface area (Å²) >= 11 is 7.27. The first kappa shape index (κ1) is 10.3. The number of pyridine rings is 1. The van der Waals surface area contributed by atoms with Gasteiger partial charge in [-0.15, -0.1) is 11.3 Å². The zero-order valence-electron chi connectivity index (χ0n) is 7.76. The van der Waals surface area contributed by atoms with E-state index in [-0.39, 0.29) is 5.92 Å². The van der Waals surface area contributed by atoms with Gasteiger partial charge in [-0.2, -0.15) is 0 Å². The fourth-order valence-electron chi connectivity index (χ4n) is 1.38. The first-order chi connectivity index (χ1) is 7.31. The average molecular weight is 238 g/mol. The van der Waals surface area contributed by atoms with Crippen LogP contribution in [0.4, 0.5) is 0 Å². The number of carbonyl (C=O) groups excluding carboxylic acids is 1. The first-order valence-corrected chi connectivity index (χ1v) is 5.61. The molecule has 2 rings (SSSR count). The summed E-state index contributed by atoms with van der Waals surface area (Å²) in [6.07, 6.45) is 4.29. The van der Waals surface area contributed by atoms with Gasteiger partial charge in [-0.05, 0) is 29.8 Å². The molecule has 15 heavy (non-hydrogen) atoms. The molecule has 2 aromatic rings. The van der Waals surface area contributed by atoms with Crippen molar-refractivity contribution in [2.24, 2.45) is 0 Å². The maximum absolute atomic E-state index is 11.1. The second-order valence-corrected chi connectivity index (χ2v) is 4.78. The van der Waals surface area contributed by atoms with Gasteiger partial charge in [0.25, 0.3) is 0 Å². The lowest BCUT2D eigenvalue weighted by molar-refractivity contribution is -0.108. The Balaban J connectivity index is 2.37. The predicted molar refractivity (Wildman–Crippen MR) is 61.5 cm³/mol. The molecule has 0 aromatic carbocycles. The molecule has 1 unspecified atom stereocenters. The molecule has 2 nitrogen and oxygen atoms in total. The number of halogens is 1. The molecule has 0 saturated heterocycles. The van der Waals surface area contributed by atoms with E-state index >= 15 is 0 Å². The van der Waals surface area contributed by atoms with Gasteiger partial charge >= 0.3 is 0 Å². The predicted octanol–water partition coefficient (Wildman–Crippen LogP) is 3.13. The van der Waals surface area contributed by atoms with Crippen molar-refractivity contribution in [3.8, 4) is 0 Å². The van der Waals surface area contributed by atoms with Crippen molar-refractivity contribution in [3.63, 3.8) is 0 Å². The van der Waals surface area contributed by atoms with E-state index in [4.69, 9.17) is 11.6 Å². The van der Waals surface area contributed by atoms with Crippen molar-refractivity contribution >= 4 is 29.2 Å². The zero-order valence-corrected chi connectivity index (χ0v) is 9.33. The Morgan fingerprint density at radius 3 is 2.53 bits per heavy atom. The SMILES string of the molecule is O=CC(c1ccncc1)c1ccc(Cl)s1. The molecule has 0 amide bonds. The molecule has 0 radical (unpaired) electrons. The van der Waals surface area contributed by atoms with Crippen molar-refractivity contribution in [2.75, 3.05) is 0 Å². The maximum atomic E-state index is 11.1. The van der Waals surface area contributed by atoms with E-state index in [1.54, 1.807) is 18.5 Å². The standard InChI is InChI=1S/C11H8ClNOS/c12-11-2-1-10(15-11)9(7-14)8-3-5-13-6-4-8/h1-7,9H. The van der Waals surface area contributed by atoms with Gasteiger partial charge in [0.05, 0.1) is 10.3 Å². The quantitative estimate of drug-likeness (QED) is 0.768. The van der Waals surface area contributed by atoms with Gasteiger partial charge in [0.1, 0.15) is 6.29 Å². The fraction of sp³-hybridized carbons (Fsp3) is 0.0909. The molecule has 0 aliphatic carbocycles. The molecule has 0 aliphatic heterocycles. The summed E-state index contributed by atoms with van der Waals surface area (Å²) in [6.45, 7) is 0. The summed E-state index contributed by atoms with van der Waals surface area (Å²) in [7, 11) is 0.